The Balaban J connectivity index is 2.86. The molecular weight excluding hydrogens is 284 g/mol. The summed E-state index contributed by atoms with van der Waals surface area (Å²) in [5.74, 6) is -0.845. The minimum Gasteiger partial charge on any atom is -0.444 e. The number of benzene rings is 1. The molecule has 22 heavy (non-hydrogen) atoms. The van der Waals surface area contributed by atoms with Gasteiger partial charge < -0.3 is 20.7 Å². The summed E-state index contributed by atoms with van der Waals surface area (Å²) in [6.07, 6.45) is 0.871. The van der Waals surface area contributed by atoms with Crippen molar-refractivity contribution in [2.24, 2.45) is 16.6 Å². The van der Waals surface area contributed by atoms with Crippen molar-refractivity contribution in [3.63, 3.8) is 0 Å². The number of nitrogens with one attached hydrogen (secondary N) is 2. The van der Waals surface area contributed by atoms with Gasteiger partial charge in [-0.1, -0.05) is 6.07 Å². The molecule has 0 aliphatic rings. The first kappa shape index (κ1) is 17.4. The van der Waals surface area contributed by atoms with Crippen LogP contribution in [0.4, 0.5) is 16.2 Å². The highest BCUT2D eigenvalue weighted by Crippen LogP contribution is 2.19. The number of anilines is 1. The van der Waals surface area contributed by atoms with E-state index in [0.29, 0.717) is 17.7 Å². The van der Waals surface area contributed by atoms with Crippen molar-refractivity contribution in [3.05, 3.63) is 24.3 Å². The lowest BCUT2D eigenvalue weighted by Gasteiger charge is -2.19. The van der Waals surface area contributed by atoms with Crippen LogP contribution in [-0.4, -0.2) is 30.0 Å². The molecule has 0 spiro atoms. The molecule has 1 amide bonds. The van der Waals surface area contributed by atoms with E-state index in [1.165, 1.54) is 0 Å². The van der Waals surface area contributed by atoms with E-state index in [9.17, 15) is 9.59 Å². The van der Waals surface area contributed by atoms with E-state index in [4.69, 9.17) is 15.9 Å². The zero-order valence-electron chi connectivity index (χ0n) is 12.8. The van der Waals surface area contributed by atoms with Gasteiger partial charge in [0.05, 0.1) is 5.69 Å². The van der Waals surface area contributed by atoms with E-state index < -0.39 is 17.6 Å². The number of rotatable bonds is 5. The molecule has 0 radical (unpaired) electrons. The summed E-state index contributed by atoms with van der Waals surface area (Å²) in [4.78, 5) is 26.5. The van der Waals surface area contributed by atoms with Crippen molar-refractivity contribution >= 4 is 35.8 Å². The van der Waals surface area contributed by atoms with Gasteiger partial charge >= 0.3 is 6.09 Å². The van der Waals surface area contributed by atoms with Crippen LogP contribution in [0.2, 0.25) is 0 Å². The first-order valence-electron chi connectivity index (χ1n) is 6.65. The molecule has 0 aromatic heterocycles. The highest BCUT2D eigenvalue weighted by molar-refractivity contribution is 6.08. The first-order valence-corrected chi connectivity index (χ1v) is 6.65. The summed E-state index contributed by atoms with van der Waals surface area (Å²) in [6, 6.07) is 6.60. The number of nitrogens with zero attached hydrogens (tertiary/aromatic N) is 1. The smallest absolute Gasteiger partial charge is 0.412 e. The van der Waals surface area contributed by atoms with Crippen LogP contribution in [0, 0.1) is 11.3 Å². The van der Waals surface area contributed by atoms with Crippen LogP contribution in [0.25, 0.3) is 0 Å². The number of aldehydes is 1. The molecule has 0 heterocycles. The Bertz CT molecular complexity index is 583. The van der Waals surface area contributed by atoms with E-state index in [2.05, 4.69) is 10.3 Å². The monoisotopic (exact) mass is 304 g/mol. The van der Waals surface area contributed by atoms with E-state index >= 15 is 0 Å². The van der Waals surface area contributed by atoms with E-state index in [-0.39, 0.29) is 5.84 Å². The second kappa shape index (κ2) is 7.35. The Morgan fingerprint density at radius 2 is 2.14 bits per heavy atom. The Kier molecular flexibility index (Phi) is 5.80. The molecule has 1 unspecified atom stereocenters. The molecule has 1 aromatic carbocycles. The molecule has 1 aromatic rings. The number of hydrogen-bond donors (Lipinski definition) is 3. The Morgan fingerprint density at radius 3 is 2.68 bits per heavy atom. The van der Waals surface area contributed by atoms with Gasteiger partial charge in [-0.15, -0.1) is 0 Å². The van der Waals surface area contributed by atoms with Crippen molar-refractivity contribution in [2.45, 2.75) is 26.4 Å². The number of nitrogens with two attached hydrogens (primary N) is 1. The predicted octanol–water partition coefficient (Wildman–Crippen LogP) is 2.49. The van der Waals surface area contributed by atoms with Gasteiger partial charge in [-0.25, -0.2) is 9.79 Å². The highest BCUT2D eigenvalue weighted by atomic mass is 16.6. The van der Waals surface area contributed by atoms with Gasteiger partial charge in [-0.2, -0.15) is 0 Å². The number of carbonyl (C=O) groups is 2. The average Bonchev–Trinajstić information content (AvgIpc) is 2.38. The lowest BCUT2D eigenvalue weighted by Crippen LogP contribution is -2.27. The van der Waals surface area contributed by atoms with Gasteiger partial charge in [0.2, 0.25) is 0 Å². The largest absolute Gasteiger partial charge is 0.444 e. The van der Waals surface area contributed by atoms with Crippen molar-refractivity contribution in [1.82, 2.24) is 0 Å². The molecule has 0 saturated carbocycles. The van der Waals surface area contributed by atoms with Crippen LogP contribution in [0.3, 0.4) is 0 Å². The second-order valence-corrected chi connectivity index (χ2v) is 5.54. The average molecular weight is 304 g/mol. The number of hydrogen-bond acceptors (Lipinski definition) is 5. The van der Waals surface area contributed by atoms with E-state index in [1.54, 1.807) is 45.0 Å². The van der Waals surface area contributed by atoms with Crippen LogP contribution >= 0.6 is 0 Å². The topological polar surface area (TPSA) is 118 Å². The third-order valence-electron chi connectivity index (χ3n) is 2.42. The number of amides is 1. The molecule has 1 rings (SSSR count). The lowest BCUT2D eigenvalue weighted by atomic mass is 10.2. The van der Waals surface area contributed by atoms with Crippen LogP contribution in [-0.2, 0) is 9.53 Å². The number of aliphatic imine (C=N–C) groups is 1. The van der Waals surface area contributed by atoms with Gasteiger partial charge in [0, 0.05) is 11.9 Å². The Hall–Kier alpha value is -2.70. The molecule has 0 fully saturated rings. The SMILES string of the molecule is CC(C)(C)OC(=O)Nc1cccc(N=C(N)C(C=N)C=O)c1. The van der Waals surface area contributed by atoms with Crippen molar-refractivity contribution < 1.29 is 14.3 Å². The fraction of sp³-hybridized carbons (Fsp3) is 0.333. The van der Waals surface area contributed by atoms with Gasteiger partial charge in [0.1, 0.15) is 23.6 Å². The minimum atomic E-state index is -0.859. The first-order chi connectivity index (χ1) is 10.2. The quantitative estimate of drug-likeness (QED) is 0.440. The molecule has 0 bridgehead atoms. The summed E-state index contributed by atoms with van der Waals surface area (Å²) in [6.45, 7) is 5.31. The van der Waals surface area contributed by atoms with Gasteiger partial charge in [-0.05, 0) is 39.0 Å². The molecule has 118 valence electrons. The van der Waals surface area contributed by atoms with Crippen LogP contribution in [0.5, 0.6) is 0 Å². The second-order valence-electron chi connectivity index (χ2n) is 5.54. The van der Waals surface area contributed by atoms with Crippen LogP contribution in [0.1, 0.15) is 20.8 Å². The molecule has 1 atom stereocenters. The van der Waals surface area contributed by atoms with Crippen LogP contribution < -0.4 is 11.1 Å². The Morgan fingerprint density at radius 1 is 1.45 bits per heavy atom. The Labute approximate surface area is 129 Å². The summed E-state index contributed by atoms with van der Waals surface area (Å²) in [7, 11) is 0. The number of ether oxygens (including phenoxy) is 1. The summed E-state index contributed by atoms with van der Waals surface area (Å²) in [5, 5.41) is 9.67. The van der Waals surface area contributed by atoms with Crippen molar-refractivity contribution in [1.29, 1.82) is 5.41 Å². The predicted molar refractivity (Wildman–Crippen MR) is 85.9 cm³/mol. The molecule has 7 nitrogen and oxygen atoms in total. The lowest BCUT2D eigenvalue weighted by molar-refractivity contribution is -0.108. The van der Waals surface area contributed by atoms with Crippen molar-refractivity contribution in [3.8, 4) is 0 Å². The zero-order chi connectivity index (χ0) is 16.8. The number of amidine groups is 1. The zero-order valence-corrected chi connectivity index (χ0v) is 12.8. The molecule has 0 aliphatic carbocycles. The fourth-order valence-electron chi connectivity index (χ4n) is 1.49. The summed E-state index contributed by atoms with van der Waals surface area (Å²) < 4.78 is 5.15. The third-order valence-corrected chi connectivity index (χ3v) is 2.42. The maximum absolute atomic E-state index is 11.7. The third kappa shape index (κ3) is 5.74. The van der Waals surface area contributed by atoms with Crippen LogP contribution in [0.15, 0.2) is 29.3 Å². The van der Waals surface area contributed by atoms with E-state index in [1.807, 2.05) is 0 Å². The fourth-order valence-corrected chi connectivity index (χ4v) is 1.49. The minimum absolute atomic E-state index is 0.0134. The normalized spacial score (nSPS) is 13.1. The standard InChI is InChI=1S/C15H20N4O3/c1-15(2,3)22-14(21)19-12-6-4-5-11(7-12)18-13(17)10(8-16)9-20/h4-10,16H,1-3H3,(H2,17,18)(H,19,21). The maximum atomic E-state index is 11.7. The molecule has 0 saturated heterocycles. The summed E-state index contributed by atoms with van der Waals surface area (Å²) in [5.41, 5.74) is 6.01. The molecule has 4 N–H and O–H groups in total. The summed E-state index contributed by atoms with van der Waals surface area (Å²) >= 11 is 0. The number of carbonyl (C=O) groups excluding carboxylic acids is 2. The van der Waals surface area contributed by atoms with Crippen molar-refractivity contribution in [2.75, 3.05) is 5.32 Å². The van der Waals surface area contributed by atoms with Gasteiger partial charge in [0.25, 0.3) is 0 Å². The van der Waals surface area contributed by atoms with Gasteiger partial charge in [0.15, 0.2) is 0 Å². The molecular formula is C15H20N4O3. The van der Waals surface area contributed by atoms with E-state index in [0.717, 1.165) is 6.21 Å². The molecule has 0 aliphatic heterocycles. The maximum Gasteiger partial charge on any atom is 0.412 e. The highest BCUT2D eigenvalue weighted by Gasteiger charge is 2.16. The molecule has 7 heteroatoms. The van der Waals surface area contributed by atoms with Gasteiger partial charge in [-0.3, -0.25) is 5.32 Å².